The van der Waals surface area contributed by atoms with Gasteiger partial charge in [0.05, 0.1) is 5.56 Å². The zero-order valence-corrected chi connectivity index (χ0v) is 18.7. The van der Waals surface area contributed by atoms with E-state index in [1.165, 1.54) is 22.9 Å². The van der Waals surface area contributed by atoms with Crippen molar-refractivity contribution in [3.05, 3.63) is 129 Å². The van der Waals surface area contributed by atoms with Gasteiger partial charge in [-0.05, 0) is 37.1 Å². The molecule has 2 aromatic heterocycles. The number of pyridine rings is 1. The van der Waals surface area contributed by atoms with Gasteiger partial charge in [-0.1, -0.05) is 60.7 Å². The van der Waals surface area contributed by atoms with Crippen LogP contribution < -0.4 is 5.56 Å². The topological polar surface area (TPSA) is 67.8 Å². The first-order valence-corrected chi connectivity index (χ1v) is 10.9. The van der Waals surface area contributed by atoms with Crippen molar-refractivity contribution in [3.8, 4) is 6.07 Å². The third-order valence-electron chi connectivity index (χ3n) is 6.00. The number of rotatable bonds is 7. The summed E-state index contributed by atoms with van der Waals surface area (Å²) in [5.74, 6) is -0.136. The van der Waals surface area contributed by atoms with Gasteiger partial charge >= 0.3 is 0 Å². The maximum absolute atomic E-state index is 13.9. The van der Waals surface area contributed by atoms with Gasteiger partial charge in [-0.3, -0.25) is 9.59 Å². The smallest absolute Gasteiger partial charge is 0.251 e. The normalized spacial score (nSPS) is 11.7. The van der Waals surface area contributed by atoms with Crippen LogP contribution in [0.25, 0.3) is 0 Å². The molecule has 1 unspecified atom stereocenters. The Hall–Kier alpha value is -4.17. The number of carbonyl (C=O) groups excluding carboxylic acids is 1. The molecule has 0 amide bonds. The molecule has 2 aromatic carbocycles. The molecule has 0 bridgehead atoms. The number of ketones is 1. The molecule has 0 N–H and O–H groups in total. The van der Waals surface area contributed by atoms with Crippen LogP contribution in [-0.2, 0) is 13.0 Å². The van der Waals surface area contributed by atoms with Crippen molar-refractivity contribution in [1.29, 1.82) is 5.26 Å². The molecule has 2 heterocycles. The summed E-state index contributed by atoms with van der Waals surface area (Å²) in [7, 11) is 0. The van der Waals surface area contributed by atoms with E-state index in [9.17, 15) is 14.9 Å². The number of aryl methyl sites for hydroxylation is 1. The molecule has 33 heavy (non-hydrogen) atoms. The van der Waals surface area contributed by atoms with Crippen molar-refractivity contribution in [3.63, 3.8) is 0 Å². The van der Waals surface area contributed by atoms with Gasteiger partial charge in [-0.15, -0.1) is 0 Å². The Kier molecular flexibility index (Phi) is 6.37. The van der Waals surface area contributed by atoms with E-state index in [2.05, 4.69) is 22.8 Å². The summed E-state index contributed by atoms with van der Waals surface area (Å²) in [5.41, 5.74) is 4.58. The summed E-state index contributed by atoms with van der Waals surface area (Å²) in [6, 6.07) is 25.8. The molecule has 0 radical (unpaired) electrons. The monoisotopic (exact) mass is 435 g/mol. The molecule has 0 aliphatic rings. The van der Waals surface area contributed by atoms with E-state index >= 15 is 0 Å². The van der Waals surface area contributed by atoms with E-state index < -0.39 is 6.04 Å². The van der Waals surface area contributed by atoms with Gasteiger partial charge in [0, 0.05) is 42.2 Å². The maximum Gasteiger partial charge on any atom is 0.251 e. The first kappa shape index (κ1) is 22.0. The molecule has 0 spiro atoms. The van der Waals surface area contributed by atoms with Crippen LogP contribution in [0.1, 0.15) is 44.5 Å². The Labute approximate surface area is 193 Å². The maximum atomic E-state index is 13.9. The highest BCUT2D eigenvalue weighted by Gasteiger charge is 2.27. The van der Waals surface area contributed by atoms with Crippen LogP contribution in [0, 0.1) is 25.2 Å². The highest BCUT2D eigenvalue weighted by molar-refractivity contribution is 6.00. The molecule has 4 rings (SSSR count). The van der Waals surface area contributed by atoms with E-state index in [-0.39, 0.29) is 11.3 Å². The predicted octanol–water partition coefficient (Wildman–Crippen LogP) is 4.85. The Bertz CT molecular complexity index is 1380. The molecule has 5 heteroatoms. The van der Waals surface area contributed by atoms with Gasteiger partial charge in [-0.25, -0.2) is 0 Å². The van der Waals surface area contributed by atoms with E-state index in [1.54, 1.807) is 0 Å². The van der Waals surface area contributed by atoms with Crippen molar-refractivity contribution in [2.24, 2.45) is 0 Å². The number of carbonyl (C=O) groups is 1. The van der Waals surface area contributed by atoms with Crippen molar-refractivity contribution in [1.82, 2.24) is 9.13 Å². The Morgan fingerprint density at radius 3 is 2.21 bits per heavy atom. The van der Waals surface area contributed by atoms with E-state index in [4.69, 9.17) is 0 Å². The lowest BCUT2D eigenvalue weighted by molar-refractivity contribution is 0.0921. The van der Waals surface area contributed by atoms with E-state index in [1.807, 2.05) is 68.4 Å². The molecule has 0 saturated carbocycles. The second kappa shape index (κ2) is 9.54. The van der Waals surface area contributed by atoms with Crippen LogP contribution in [0.3, 0.4) is 0 Å². The van der Waals surface area contributed by atoms with Gasteiger partial charge in [0.25, 0.3) is 5.56 Å². The average Bonchev–Trinajstić information content (AvgIpc) is 3.12. The van der Waals surface area contributed by atoms with E-state index in [0.717, 1.165) is 22.5 Å². The Morgan fingerprint density at radius 2 is 1.58 bits per heavy atom. The molecule has 4 aromatic rings. The van der Waals surface area contributed by atoms with Crippen LogP contribution in [0.4, 0.5) is 0 Å². The third-order valence-corrected chi connectivity index (χ3v) is 6.00. The van der Waals surface area contributed by atoms with Gasteiger partial charge in [-0.2, -0.15) is 5.26 Å². The fourth-order valence-corrected chi connectivity index (χ4v) is 4.21. The SMILES string of the molecule is Cc1cc(C(=O)C(Cc2ccccc2)n2cc(C#N)ccc2=O)c(C)n1Cc1ccccc1. The number of nitriles is 1. The quantitative estimate of drug-likeness (QED) is 0.390. The minimum atomic E-state index is -0.751. The lowest BCUT2D eigenvalue weighted by Gasteiger charge is -2.19. The second-order valence-electron chi connectivity index (χ2n) is 8.20. The molecular formula is C28H25N3O2. The zero-order chi connectivity index (χ0) is 23.4. The average molecular weight is 436 g/mol. The molecule has 164 valence electrons. The number of benzene rings is 2. The van der Waals surface area contributed by atoms with Crippen molar-refractivity contribution in [2.75, 3.05) is 0 Å². The number of aromatic nitrogens is 2. The fourth-order valence-electron chi connectivity index (χ4n) is 4.21. The number of Topliss-reactive ketones (excluding diaryl/α,β-unsaturated/α-hetero) is 1. The minimum absolute atomic E-state index is 0.136. The van der Waals surface area contributed by atoms with Crippen molar-refractivity contribution < 1.29 is 4.79 Å². The van der Waals surface area contributed by atoms with Crippen LogP contribution >= 0.6 is 0 Å². The van der Waals surface area contributed by atoms with Crippen LogP contribution in [-0.4, -0.2) is 14.9 Å². The highest BCUT2D eigenvalue weighted by Crippen LogP contribution is 2.24. The molecule has 0 fully saturated rings. The molecule has 0 saturated heterocycles. The van der Waals surface area contributed by atoms with Crippen LogP contribution in [0.5, 0.6) is 0 Å². The molecule has 0 aliphatic carbocycles. The van der Waals surface area contributed by atoms with Crippen LogP contribution in [0.2, 0.25) is 0 Å². The number of nitrogens with zero attached hydrogens (tertiary/aromatic N) is 3. The lowest BCUT2D eigenvalue weighted by atomic mass is 9.97. The van der Waals surface area contributed by atoms with Gasteiger partial charge in [0.15, 0.2) is 5.78 Å². The first-order valence-electron chi connectivity index (χ1n) is 10.9. The Morgan fingerprint density at radius 1 is 0.939 bits per heavy atom. The van der Waals surface area contributed by atoms with Crippen LogP contribution in [0.15, 0.2) is 89.9 Å². The summed E-state index contributed by atoms with van der Waals surface area (Å²) in [5, 5.41) is 9.35. The second-order valence-corrected chi connectivity index (χ2v) is 8.20. The summed E-state index contributed by atoms with van der Waals surface area (Å²) in [6.45, 7) is 4.59. The summed E-state index contributed by atoms with van der Waals surface area (Å²) in [4.78, 5) is 26.6. The lowest BCUT2D eigenvalue weighted by Crippen LogP contribution is -2.31. The molecular weight excluding hydrogens is 410 g/mol. The highest BCUT2D eigenvalue weighted by atomic mass is 16.1. The molecule has 1 atom stereocenters. The zero-order valence-electron chi connectivity index (χ0n) is 18.7. The fraction of sp³-hybridized carbons (Fsp3) is 0.179. The summed E-state index contributed by atoms with van der Waals surface area (Å²) >= 11 is 0. The van der Waals surface area contributed by atoms with Crippen molar-refractivity contribution in [2.45, 2.75) is 32.9 Å². The van der Waals surface area contributed by atoms with Gasteiger partial charge in [0.2, 0.25) is 0 Å². The summed E-state index contributed by atoms with van der Waals surface area (Å²) < 4.78 is 3.52. The standard InChI is InChI=1S/C28H25N3O2/c1-20-15-25(21(2)30(20)18-23-11-7-4-8-12-23)28(33)26(16-22-9-5-3-6-10-22)31-19-24(17-29)13-14-27(31)32/h3-15,19,26H,16,18H2,1-2H3. The minimum Gasteiger partial charge on any atom is -0.344 e. The predicted molar refractivity (Wildman–Crippen MR) is 128 cm³/mol. The largest absolute Gasteiger partial charge is 0.344 e. The van der Waals surface area contributed by atoms with Gasteiger partial charge in [0.1, 0.15) is 12.1 Å². The summed E-state index contributed by atoms with van der Waals surface area (Å²) in [6.07, 6.45) is 1.84. The van der Waals surface area contributed by atoms with Crippen molar-refractivity contribution >= 4 is 5.78 Å². The molecule has 0 aliphatic heterocycles. The number of hydrogen-bond acceptors (Lipinski definition) is 3. The first-order chi connectivity index (χ1) is 16.0. The molecule has 5 nitrogen and oxygen atoms in total. The van der Waals surface area contributed by atoms with Gasteiger partial charge < -0.3 is 9.13 Å². The third kappa shape index (κ3) is 4.70. The van der Waals surface area contributed by atoms with E-state index in [0.29, 0.717) is 24.1 Å². The number of hydrogen-bond donors (Lipinski definition) is 0. The Balaban J connectivity index is 1.77.